The van der Waals surface area contributed by atoms with Crippen LogP contribution in [0.2, 0.25) is 0 Å². The van der Waals surface area contributed by atoms with Crippen molar-refractivity contribution in [3.63, 3.8) is 0 Å². The Morgan fingerprint density at radius 1 is 1.35 bits per heavy atom. The Morgan fingerprint density at radius 2 is 1.88 bits per heavy atom. The SMILES string of the molecule is C=CC(C)NCC(=O)C(C)(C)CC(C)(C)CC. The lowest BCUT2D eigenvalue weighted by atomic mass is 9.71. The van der Waals surface area contributed by atoms with Gasteiger partial charge in [-0.2, -0.15) is 0 Å². The molecular formula is C15H29NO. The first kappa shape index (κ1) is 16.4. The van der Waals surface area contributed by atoms with E-state index in [9.17, 15) is 4.79 Å². The summed E-state index contributed by atoms with van der Waals surface area (Å²) >= 11 is 0. The smallest absolute Gasteiger partial charge is 0.152 e. The molecule has 0 aromatic rings. The highest BCUT2D eigenvalue weighted by Crippen LogP contribution is 2.36. The average Bonchev–Trinajstić information content (AvgIpc) is 2.23. The fourth-order valence-electron chi connectivity index (χ4n) is 2.00. The second-order valence-corrected chi connectivity index (χ2v) is 6.41. The molecule has 0 aliphatic carbocycles. The van der Waals surface area contributed by atoms with E-state index in [1.54, 1.807) is 0 Å². The van der Waals surface area contributed by atoms with Crippen LogP contribution in [0, 0.1) is 10.8 Å². The van der Waals surface area contributed by atoms with Crippen molar-refractivity contribution in [2.45, 2.75) is 60.4 Å². The highest BCUT2D eigenvalue weighted by Gasteiger charge is 2.33. The van der Waals surface area contributed by atoms with Crippen LogP contribution in [-0.2, 0) is 4.79 Å². The third-order valence-corrected chi connectivity index (χ3v) is 3.57. The first-order valence-corrected chi connectivity index (χ1v) is 6.54. The highest BCUT2D eigenvalue weighted by molar-refractivity contribution is 5.86. The van der Waals surface area contributed by atoms with Gasteiger partial charge in [0.15, 0.2) is 5.78 Å². The molecule has 1 atom stereocenters. The first-order valence-electron chi connectivity index (χ1n) is 6.54. The van der Waals surface area contributed by atoms with Crippen molar-refractivity contribution in [2.24, 2.45) is 10.8 Å². The molecule has 1 N–H and O–H groups in total. The lowest BCUT2D eigenvalue weighted by molar-refractivity contribution is -0.127. The Labute approximate surface area is 107 Å². The van der Waals surface area contributed by atoms with Crippen LogP contribution in [0.25, 0.3) is 0 Å². The van der Waals surface area contributed by atoms with E-state index in [2.05, 4.69) is 32.7 Å². The molecule has 2 heteroatoms. The standard InChI is InChI=1S/C15H29NO/c1-8-12(3)16-10-13(17)15(6,7)11-14(4,5)9-2/h8,12,16H,1,9-11H2,2-7H3. The van der Waals surface area contributed by atoms with Crippen molar-refractivity contribution in [1.82, 2.24) is 5.32 Å². The molecule has 0 spiro atoms. The van der Waals surface area contributed by atoms with Crippen molar-refractivity contribution in [2.75, 3.05) is 6.54 Å². The maximum Gasteiger partial charge on any atom is 0.152 e. The number of ketones is 1. The Morgan fingerprint density at radius 3 is 2.29 bits per heavy atom. The Kier molecular flexibility index (Phi) is 6.11. The Hall–Kier alpha value is -0.630. The molecule has 0 bridgehead atoms. The monoisotopic (exact) mass is 239 g/mol. The van der Waals surface area contributed by atoms with Crippen molar-refractivity contribution in [3.05, 3.63) is 12.7 Å². The minimum Gasteiger partial charge on any atom is -0.304 e. The van der Waals surface area contributed by atoms with Gasteiger partial charge in [-0.05, 0) is 18.8 Å². The number of hydrogen-bond donors (Lipinski definition) is 1. The van der Waals surface area contributed by atoms with Gasteiger partial charge in [-0.15, -0.1) is 6.58 Å². The van der Waals surface area contributed by atoms with Gasteiger partial charge in [0.05, 0.1) is 6.54 Å². The molecule has 0 heterocycles. The van der Waals surface area contributed by atoms with E-state index in [-0.39, 0.29) is 22.7 Å². The van der Waals surface area contributed by atoms with E-state index in [0.717, 1.165) is 12.8 Å². The van der Waals surface area contributed by atoms with Crippen molar-refractivity contribution in [1.29, 1.82) is 0 Å². The molecule has 0 aliphatic heterocycles. The van der Waals surface area contributed by atoms with Crippen molar-refractivity contribution < 1.29 is 4.79 Å². The van der Waals surface area contributed by atoms with Gasteiger partial charge in [0.25, 0.3) is 0 Å². The zero-order chi connectivity index (χ0) is 13.7. The summed E-state index contributed by atoms with van der Waals surface area (Å²) in [5.74, 6) is 0.285. The van der Waals surface area contributed by atoms with E-state index >= 15 is 0 Å². The van der Waals surface area contributed by atoms with Gasteiger partial charge in [0.1, 0.15) is 0 Å². The lowest BCUT2D eigenvalue weighted by Gasteiger charge is -2.33. The molecule has 0 aromatic carbocycles. The molecule has 0 saturated heterocycles. The summed E-state index contributed by atoms with van der Waals surface area (Å²) < 4.78 is 0. The number of Topliss-reactive ketones (excluding diaryl/α,β-unsaturated/α-hetero) is 1. The fourth-order valence-corrected chi connectivity index (χ4v) is 2.00. The number of hydrogen-bond acceptors (Lipinski definition) is 2. The lowest BCUT2D eigenvalue weighted by Crippen LogP contribution is -2.39. The molecule has 17 heavy (non-hydrogen) atoms. The van der Waals surface area contributed by atoms with Crippen LogP contribution in [0.3, 0.4) is 0 Å². The van der Waals surface area contributed by atoms with Gasteiger partial charge < -0.3 is 5.32 Å². The number of rotatable bonds is 8. The zero-order valence-corrected chi connectivity index (χ0v) is 12.4. The molecule has 0 radical (unpaired) electrons. The molecule has 1 unspecified atom stereocenters. The molecular weight excluding hydrogens is 210 g/mol. The highest BCUT2D eigenvalue weighted by atomic mass is 16.1. The number of carbonyl (C=O) groups is 1. The predicted molar refractivity (Wildman–Crippen MR) is 75.1 cm³/mol. The normalized spacial score (nSPS) is 14.5. The first-order chi connectivity index (χ1) is 7.64. The van der Waals surface area contributed by atoms with Gasteiger partial charge in [-0.25, -0.2) is 0 Å². The maximum atomic E-state index is 12.2. The molecule has 0 aliphatic rings. The van der Waals surface area contributed by atoms with Crippen LogP contribution in [0.15, 0.2) is 12.7 Å². The minimum absolute atomic E-state index is 0.189. The van der Waals surface area contributed by atoms with Gasteiger partial charge in [0.2, 0.25) is 0 Å². The number of carbonyl (C=O) groups excluding carboxylic acids is 1. The summed E-state index contributed by atoms with van der Waals surface area (Å²) in [6, 6.07) is 0.189. The average molecular weight is 239 g/mol. The molecule has 0 rings (SSSR count). The van der Waals surface area contributed by atoms with E-state index < -0.39 is 0 Å². The van der Waals surface area contributed by atoms with Gasteiger partial charge in [-0.3, -0.25) is 4.79 Å². The molecule has 2 nitrogen and oxygen atoms in total. The summed E-state index contributed by atoms with van der Waals surface area (Å²) in [4.78, 5) is 12.2. The van der Waals surface area contributed by atoms with Crippen LogP contribution in [0.1, 0.15) is 54.4 Å². The largest absolute Gasteiger partial charge is 0.304 e. The molecule has 0 fully saturated rings. The van der Waals surface area contributed by atoms with Crippen molar-refractivity contribution >= 4 is 5.78 Å². The van der Waals surface area contributed by atoms with Crippen LogP contribution in [0.4, 0.5) is 0 Å². The third-order valence-electron chi connectivity index (χ3n) is 3.57. The van der Waals surface area contributed by atoms with Crippen LogP contribution >= 0.6 is 0 Å². The quantitative estimate of drug-likeness (QED) is 0.656. The van der Waals surface area contributed by atoms with Gasteiger partial charge in [-0.1, -0.05) is 47.1 Å². The molecule has 0 aromatic heterocycles. The third kappa shape index (κ3) is 6.02. The maximum absolute atomic E-state index is 12.2. The zero-order valence-electron chi connectivity index (χ0n) is 12.4. The van der Waals surface area contributed by atoms with Crippen molar-refractivity contribution in [3.8, 4) is 0 Å². The fraction of sp³-hybridized carbons (Fsp3) is 0.800. The summed E-state index contributed by atoms with van der Waals surface area (Å²) in [7, 11) is 0. The van der Waals surface area contributed by atoms with Gasteiger partial charge in [0, 0.05) is 11.5 Å². The summed E-state index contributed by atoms with van der Waals surface area (Å²) in [6.45, 7) is 16.9. The molecule has 0 saturated carbocycles. The van der Waals surface area contributed by atoms with Crippen LogP contribution in [-0.4, -0.2) is 18.4 Å². The summed E-state index contributed by atoms with van der Waals surface area (Å²) in [5.41, 5.74) is -0.0311. The topological polar surface area (TPSA) is 29.1 Å². The Bertz CT molecular complexity index is 266. The Balaban J connectivity index is 4.39. The summed E-state index contributed by atoms with van der Waals surface area (Å²) in [5, 5.41) is 3.17. The van der Waals surface area contributed by atoms with E-state index in [1.807, 2.05) is 26.8 Å². The predicted octanol–water partition coefficient (Wildman–Crippen LogP) is 3.57. The van der Waals surface area contributed by atoms with E-state index in [4.69, 9.17) is 0 Å². The minimum atomic E-state index is -0.257. The molecule has 0 amide bonds. The van der Waals surface area contributed by atoms with E-state index in [1.165, 1.54) is 0 Å². The van der Waals surface area contributed by atoms with Crippen LogP contribution in [0.5, 0.6) is 0 Å². The second kappa shape index (κ2) is 6.34. The molecule has 100 valence electrons. The summed E-state index contributed by atoms with van der Waals surface area (Å²) in [6.07, 6.45) is 3.84. The van der Waals surface area contributed by atoms with E-state index in [0.29, 0.717) is 6.54 Å². The van der Waals surface area contributed by atoms with Crippen LogP contribution < -0.4 is 5.32 Å². The second-order valence-electron chi connectivity index (χ2n) is 6.41. The number of nitrogens with one attached hydrogen (secondary N) is 1. The van der Waals surface area contributed by atoms with Gasteiger partial charge >= 0.3 is 0 Å².